The topological polar surface area (TPSA) is 89.9 Å². The van der Waals surface area contributed by atoms with E-state index < -0.39 is 23.6 Å². The number of ketones is 2. The van der Waals surface area contributed by atoms with Crippen molar-refractivity contribution in [2.24, 2.45) is 5.92 Å². The largest absolute Gasteiger partial charge is 0.507 e. The quantitative estimate of drug-likeness (QED) is 0.516. The fourth-order valence-corrected chi connectivity index (χ4v) is 3.30. The van der Waals surface area contributed by atoms with Gasteiger partial charge in [-0.25, -0.2) is 0 Å². The predicted octanol–water partition coefficient (Wildman–Crippen LogP) is 2.98. The first kappa shape index (κ1) is 17.7. The Labute approximate surface area is 150 Å². The summed E-state index contributed by atoms with van der Waals surface area (Å²) in [6, 6.07) is 8.42. The fraction of sp³-hybridized carbons (Fsp3) is 0.250. The molecule has 1 aliphatic heterocycles. The SMILES string of the molecule is COc1c(C)c(O)c2c(c1C=O)OC(C)C(C(=O)c1ccccc1)C2=O. The van der Waals surface area contributed by atoms with Gasteiger partial charge in [0.25, 0.3) is 0 Å². The fourth-order valence-electron chi connectivity index (χ4n) is 3.30. The van der Waals surface area contributed by atoms with Gasteiger partial charge >= 0.3 is 0 Å². The average molecular weight is 354 g/mol. The number of carbonyl (C=O) groups is 3. The predicted molar refractivity (Wildman–Crippen MR) is 93.5 cm³/mol. The summed E-state index contributed by atoms with van der Waals surface area (Å²) in [4.78, 5) is 37.4. The van der Waals surface area contributed by atoms with E-state index in [-0.39, 0.29) is 33.9 Å². The van der Waals surface area contributed by atoms with Gasteiger partial charge in [0.2, 0.25) is 0 Å². The van der Waals surface area contributed by atoms with Crippen LogP contribution in [0.4, 0.5) is 0 Å². The van der Waals surface area contributed by atoms with Gasteiger partial charge in [-0.1, -0.05) is 30.3 Å². The molecule has 0 fully saturated rings. The van der Waals surface area contributed by atoms with E-state index in [1.54, 1.807) is 37.3 Å². The maximum absolute atomic E-state index is 13.1. The second-order valence-electron chi connectivity index (χ2n) is 6.14. The molecule has 2 atom stereocenters. The molecule has 2 aromatic carbocycles. The number of methoxy groups -OCH3 is 1. The van der Waals surface area contributed by atoms with E-state index in [4.69, 9.17) is 9.47 Å². The number of phenolic OH excluding ortho intramolecular Hbond substituents is 1. The number of fused-ring (bicyclic) bond motifs is 1. The Hall–Kier alpha value is -3.15. The van der Waals surface area contributed by atoms with Crippen LogP contribution < -0.4 is 9.47 Å². The summed E-state index contributed by atoms with van der Waals surface area (Å²) in [5.41, 5.74) is 0.511. The minimum absolute atomic E-state index is 0.0450. The molecule has 134 valence electrons. The van der Waals surface area contributed by atoms with Gasteiger partial charge < -0.3 is 14.6 Å². The summed E-state index contributed by atoms with van der Waals surface area (Å²) < 4.78 is 10.9. The first-order valence-electron chi connectivity index (χ1n) is 8.11. The summed E-state index contributed by atoms with van der Waals surface area (Å²) in [5.74, 6) is -2.32. The van der Waals surface area contributed by atoms with Crippen LogP contribution in [0.2, 0.25) is 0 Å². The molecule has 6 heteroatoms. The number of ether oxygens (including phenoxy) is 2. The highest BCUT2D eigenvalue weighted by molar-refractivity contribution is 6.20. The lowest BCUT2D eigenvalue weighted by molar-refractivity contribution is 0.0600. The molecule has 2 unspecified atom stereocenters. The van der Waals surface area contributed by atoms with Crippen LogP contribution in [0, 0.1) is 12.8 Å². The molecule has 0 saturated carbocycles. The molecule has 1 N–H and O–H groups in total. The molecule has 0 saturated heterocycles. The molecule has 0 aliphatic carbocycles. The number of phenols is 1. The summed E-state index contributed by atoms with van der Waals surface area (Å²) in [6.45, 7) is 3.12. The van der Waals surface area contributed by atoms with Gasteiger partial charge in [-0.05, 0) is 13.8 Å². The lowest BCUT2D eigenvalue weighted by Crippen LogP contribution is -2.41. The molecule has 6 nitrogen and oxygen atoms in total. The first-order chi connectivity index (χ1) is 12.4. The molecule has 0 bridgehead atoms. The van der Waals surface area contributed by atoms with Crippen LogP contribution in [0.15, 0.2) is 30.3 Å². The van der Waals surface area contributed by atoms with Crippen LogP contribution >= 0.6 is 0 Å². The molecule has 0 spiro atoms. The number of hydrogen-bond donors (Lipinski definition) is 1. The molecule has 0 radical (unpaired) electrons. The third-order valence-electron chi connectivity index (χ3n) is 4.61. The van der Waals surface area contributed by atoms with Crippen LogP contribution in [0.3, 0.4) is 0 Å². The van der Waals surface area contributed by atoms with Gasteiger partial charge in [0, 0.05) is 11.1 Å². The van der Waals surface area contributed by atoms with Crippen molar-refractivity contribution in [1.82, 2.24) is 0 Å². The zero-order valence-electron chi connectivity index (χ0n) is 14.6. The van der Waals surface area contributed by atoms with Crippen molar-refractivity contribution < 1.29 is 29.0 Å². The normalized spacial score (nSPS) is 18.7. The maximum atomic E-state index is 13.1. The van der Waals surface area contributed by atoms with Gasteiger partial charge in [0.15, 0.2) is 17.9 Å². The number of Topliss-reactive ketones (excluding diaryl/α,β-unsaturated/α-hetero) is 2. The molecule has 0 amide bonds. The highest BCUT2D eigenvalue weighted by Crippen LogP contribution is 2.46. The van der Waals surface area contributed by atoms with E-state index in [9.17, 15) is 19.5 Å². The molecule has 1 aliphatic rings. The van der Waals surface area contributed by atoms with Crippen molar-refractivity contribution >= 4 is 17.9 Å². The van der Waals surface area contributed by atoms with E-state index in [1.807, 2.05) is 0 Å². The first-order valence-corrected chi connectivity index (χ1v) is 8.11. The van der Waals surface area contributed by atoms with E-state index >= 15 is 0 Å². The standard InChI is InChI=1S/C20H18O6/c1-10-16(22)15-18(24)14(17(23)12-7-5-4-6-8-12)11(2)26-20(15)13(9-21)19(10)25-3/h4-9,11,14,22H,1-3H3. The molecular formula is C20H18O6. The number of rotatable bonds is 4. The third kappa shape index (κ3) is 2.54. The zero-order valence-corrected chi connectivity index (χ0v) is 14.6. The van der Waals surface area contributed by atoms with Gasteiger partial charge in [-0.3, -0.25) is 14.4 Å². The monoisotopic (exact) mass is 354 g/mol. The van der Waals surface area contributed by atoms with Gasteiger partial charge in [-0.15, -0.1) is 0 Å². The second-order valence-corrected chi connectivity index (χ2v) is 6.14. The van der Waals surface area contributed by atoms with Gasteiger partial charge in [0.05, 0.1) is 12.7 Å². The molecular weight excluding hydrogens is 336 g/mol. The third-order valence-corrected chi connectivity index (χ3v) is 4.61. The summed E-state index contributed by atoms with van der Waals surface area (Å²) >= 11 is 0. The summed E-state index contributed by atoms with van der Waals surface area (Å²) in [7, 11) is 1.36. The van der Waals surface area contributed by atoms with Crippen molar-refractivity contribution in [2.45, 2.75) is 20.0 Å². The molecule has 1 heterocycles. The Morgan fingerprint density at radius 3 is 2.50 bits per heavy atom. The van der Waals surface area contributed by atoms with E-state index in [0.717, 1.165) is 0 Å². The van der Waals surface area contributed by atoms with Crippen molar-refractivity contribution in [3.8, 4) is 17.2 Å². The second kappa shape index (κ2) is 6.63. The van der Waals surface area contributed by atoms with Crippen molar-refractivity contribution in [2.75, 3.05) is 7.11 Å². The van der Waals surface area contributed by atoms with Crippen molar-refractivity contribution in [3.63, 3.8) is 0 Å². The summed E-state index contributed by atoms with van der Waals surface area (Å²) in [6.07, 6.45) is -0.281. The Bertz CT molecular complexity index is 901. The van der Waals surface area contributed by atoms with Gasteiger partial charge in [0.1, 0.15) is 34.8 Å². The van der Waals surface area contributed by atoms with Crippen LogP contribution in [0.5, 0.6) is 17.2 Å². The molecule has 3 rings (SSSR count). The van der Waals surface area contributed by atoms with E-state index in [0.29, 0.717) is 11.8 Å². The Kier molecular flexibility index (Phi) is 4.50. The minimum Gasteiger partial charge on any atom is -0.507 e. The van der Waals surface area contributed by atoms with Gasteiger partial charge in [-0.2, -0.15) is 0 Å². The Morgan fingerprint density at radius 1 is 1.27 bits per heavy atom. The van der Waals surface area contributed by atoms with Crippen LogP contribution in [-0.4, -0.2) is 36.2 Å². The highest BCUT2D eigenvalue weighted by atomic mass is 16.5. The maximum Gasteiger partial charge on any atom is 0.184 e. The number of benzene rings is 2. The smallest absolute Gasteiger partial charge is 0.184 e. The summed E-state index contributed by atoms with van der Waals surface area (Å²) in [5, 5.41) is 10.5. The minimum atomic E-state index is -1.11. The van der Waals surface area contributed by atoms with E-state index in [2.05, 4.69) is 0 Å². The average Bonchev–Trinajstić information content (AvgIpc) is 2.64. The van der Waals surface area contributed by atoms with Crippen molar-refractivity contribution in [3.05, 3.63) is 52.6 Å². The van der Waals surface area contributed by atoms with E-state index in [1.165, 1.54) is 14.0 Å². The van der Waals surface area contributed by atoms with Crippen LogP contribution in [0.1, 0.15) is 43.6 Å². The molecule has 0 aromatic heterocycles. The molecule has 2 aromatic rings. The number of aromatic hydroxyl groups is 1. The van der Waals surface area contributed by atoms with Crippen LogP contribution in [0.25, 0.3) is 0 Å². The Morgan fingerprint density at radius 2 is 1.92 bits per heavy atom. The number of aldehydes is 1. The Balaban J connectivity index is 2.17. The zero-order chi connectivity index (χ0) is 19.0. The number of carbonyl (C=O) groups excluding carboxylic acids is 3. The molecule has 26 heavy (non-hydrogen) atoms. The lowest BCUT2D eigenvalue weighted by atomic mass is 9.82. The highest BCUT2D eigenvalue weighted by Gasteiger charge is 2.44. The number of hydrogen-bond acceptors (Lipinski definition) is 6. The lowest BCUT2D eigenvalue weighted by Gasteiger charge is -2.31. The van der Waals surface area contributed by atoms with Crippen LogP contribution in [-0.2, 0) is 0 Å². The van der Waals surface area contributed by atoms with Crippen molar-refractivity contribution in [1.29, 1.82) is 0 Å².